The number of rotatable bonds is 2. The summed E-state index contributed by atoms with van der Waals surface area (Å²) in [6.45, 7) is 0. The molecule has 108 valence electrons. The molecule has 1 fully saturated rings. The molecule has 0 unspecified atom stereocenters. The van der Waals surface area contributed by atoms with Crippen molar-refractivity contribution in [2.75, 3.05) is 0 Å². The fourth-order valence-corrected chi connectivity index (χ4v) is 3.21. The van der Waals surface area contributed by atoms with Crippen molar-refractivity contribution in [1.82, 2.24) is 5.32 Å². The van der Waals surface area contributed by atoms with Gasteiger partial charge in [-0.3, -0.25) is 4.79 Å². The Kier molecular flexibility index (Phi) is 4.18. The Bertz CT molecular complexity index is 654. The van der Waals surface area contributed by atoms with Gasteiger partial charge in [-0.05, 0) is 41.8 Å². The Morgan fingerprint density at radius 3 is 2.43 bits per heavy atom. The van der Waals surface area contributed by atoms with Crippen LogP contribution < -0.4 is 5.32 Å². The monoisotopic (exact) mass is 319 g/mol. The van der Waals surface area contributed by atoms with Crippen LogP contribution in [0.15, 0.2) is 48.5 Å². The van der Waals surface area contributed by atoms with Crippen molar-refractivity contribution in [2.45, 2.75) is 24.8 Å². The second-order valence-electron chi connectivity index (χ2n) is 5.30. The zero-order valence-electron chi connectivity index (χ0n) is 11.4. The predicted octanol–water partition coefficient (Wildman–Crippen LogP) is 4.73. The smallest absolute Gasteiger partial charge is 0.220 e. The summed E-state index contributed by atoms with van der Waals surface area (Å²) in [5, 5.41) is 4.51. The summed E-state index contributed by atoms with van der Waals surface area (Å²) in [5.74, 6) is 0.316. The minimum absolute atomic E-state index is 0.0398. The summed E-state index contributed by atoms with van der Waals surface area (Å²) in [5.41, 5.74) is 2.22. The molecule has 0 aliphatic carbocycles. The van der Waals surface area contributed by atoms with Crippen LogP contribution in [0.5, 0.6) is 0 Å². The number of piperidine rings is 1. The Labute approximate surface area is 134 Å². The van der Waals surface area contributed by atoms with E-state index in [0.717, 1.165) is 22.6 Å². The largest absolute Gasteiger partial charge is 0.349 e. The van der Waals surface area contributed by atoms with Crippen LogP contribution in [-0.2, 0) is 4.79 Å². The first-order chi connectivity index (χ1) is 10.1. The molecule has 1 heterocycles. The van der Waals surface area contributed by atoms with Crippen LogP contribution in [-0.4, -0.2) is 5.91 Å². The summed E-state index contributed by atoms with van der Waals surface area (Å²) in [7, 11) is 0. The number of amides is 1. The van der Waals surface area contributed by atoms with Gasteiger partial charge in [-0.1, -0.05) is 47.5 Å². The van der Waals surface area contributed by atoms with Crippen LogP contribution in [0.1, 0.15) is 35.9 Å². The van der Waals surface area contributed by atoms with Gasteiger partial charge in [0, 0.05) is 22.4 Å². The van der Waals surface area contributed by atoms with Crippen molar-refractivity contribution in [2.24, 2.45) is 0 Å². The fourth-order valence-electron chi connectivity index (χ4n) is 2.88. The van der Waals surface area contributed by atoms with Gasteiger partial charge in [0.1, 0.15) is 0 Å². The molecule has 0 aromatic heterocycles. The Balaban J connectivity index is 1.96. The van der Waals surface area contributed by atoms with E-state index in [1.54, 1.807) is 0 Å². The van der Waals surface area contributed by atoms with Crippen LogP contribution >= 0.6 is 23.2 Å². The highest BCUT2D eigenvalue weighted by Gasteiger charge is 2.31. The third-order valence-corrected chi connectivity index (χ3v) is 4.39. The number of nitrogens with one attached hydrogen (secondary N) is 1. The van der Waals surface area contributed by atoms with Crippen molar-refractivity contribution in [3.05, 3.63) is 69.7 Å². The van der Waals surface area contributed by atoms with Gasteiger partial charge in [-0.15, -0.1) is 0 Å². The molecular formula is C17H15Cl2NO. The van der Waals surface area contributed by atoms with Crippen molar-refractivity contribution < 1.29 is 4.79 Å². The zero-order valence-corrected chi connectivity index (χ0v) is 12.9. The van der Waals surface area contributed by atoms with Gasteiger partial charge >= 0.3 is 0 Å². The molecule has 21 heavy (non-hydrogen) atoms. The quantitative estimate of drug-likeness (QED) is 0.852. The molecule has 1 N–H and O–H groups in total. The fraction of sp³-hybridized carbons (Fsp3) is 0.235. The molecule has 0 bridgehead atoms. The van der Waals surface area contributed by atoms with E-state index in [1.807, 2.05) is 42.5 Å². The molecule has 2 nitrogen and oxygen atoms in total. The van der Waals surface area contributed by atoms with Crippen LogP contribution in [0.25, 0.3) is 0 Å². The first-order valence-corrected chi connectivity index (χ1v) is 7.69. The molecule has 2 aromatic rings. The molecule has 3 rings (SSSR count). The van der Waals surface area contributed by atoms with Crippen molar-refractivity contribution >= 4 is 29.1 Å². The van der Waals surface area contributed by atoms with Gasteiger partial charge in [0.15, 0.2) is 0 Å². The number of carbonyl (C=O) groups is 1. The minimum Gasteiger partial charge on any atom is -0.349 e. The molecule has 1 saturated heterocycles. The predicted molar refractivity (Wildman–Crippen MR) is 85.8 cm³/mol. The summed E-state index contributed by atoms with van der Waals surface area (Å²) >= 11 is 12.1. The molecule has 1 aliphatic rings. The average Bonchev–Trinajstić information content (AvgIpc) is 2.48. The topological polar surface area (TPSA) is 29.1 Å². The molecule has 1 aliphatic heterocycles. The second kappa shape index (κ2) is 6.08. The number of carbonyl (C=O) groups excluding carboxylic acids is 1. The Morgan fingerprint density at radius 2 is 1.71 bits per heavy atom. The van der Waals surface area contributed by atoms with E-state index in [2.05, 4.69) is 11.4 Å². The van der Waals surface area contributed by atoms with Crippen molar-refractivity contribution in [3.63, 3.8) is 0 Å². The van der Waals surface area contributed by atoms with E-state index >= 15 is 0 Å². The Morgan fingerprint density at radius 1 is 0.952 bits per heavy atom. The third-order valence-electron chi connectivity index (χ3n) is 3.91. The van der Waals surface area contributed by atoms with Gasteiger partial charge in [0.05, 0.1) is 6.04 Å². The third kappa shape index (κ3) is 3.22. The second-order valence-corrected chi connectivity index (χ2v) is 6.17. The van der Waals surface area contributed by atoms with Crippen LogP contribution in [0.2, 0.25) is 10.0 Å². The minimum atomic E-state index is -0.0398. The van der Waals surface area contributed by atoms with Crippen LogP contribution in [0.3, 0.4) is 0 Å². The van der Waals surface area contributed by atoms with E-state index < -0.39 is 0 Å². The van der Waals surface area contributed by atoms with Gasteiger partial charge < -0.3 is 5.32 Å². The summed E-state index contributed by atoms with van der Waals surface area (Å²) in [6.07, 6.45) is 1.36. The van der Waals surface area contributed by atoms with Gasteiger partial charge in [-0.2, -0.15) is 0 Å². The highest BCUT2D eigenvalue weighted by Crippen LogP contribution is 2.38. The van der Waals surface area contributed by atoms with Crippen molar-refractivity contribution in [1.29, 1.82) is 0 Å². The number of halogens is 2. The van der Waals surface area contributed by atoms with E-state index in [-0.39, 0.29) is 17.9 Å². The van der Waals surface area contributed by atoms with Crippen molar-refractivity contribution in [3.8, 4) is 0 Å². The lowest BCUT2D eigenvalue weighted by molar-refractivity contribution is -0.123. The van der Waals surface area contributed by atoms with E-state index in [4.69, 9.17) is 23.2 Å². The number of benzene rings is 2. The standard InChI is InChI=1S/C17H15Cl2NO/c18-13-6-4-11(5-7-13)17-15(8-9-16(21)20-17)12-2-1-3-14(19)10-12/h1-7,10,15,17H,8-9H2,(H,20,21)/t15-,17+/m0/s1. The SMILES string of the molecule is O=C1CC[C@@H](c2cccc(Cl)c2)[C@@H](c2ccc(Cl)cc2)N1. The first-order valence-electron chi connectivity index (χ1n) is 6.94. The maximum absolute atomic E-state index is 11.8. The summed E-state index contributed by atoms with van der Waals surface area (Å²) in [6, 6.07) is 15.5. The highest BCUT2D eigenvalue weighted by atomic mass is 35.5. The van der Waals surface area contributed by atoms with E-state index in [0.29, 0.717) is 11.4 Å². The van der Waals surface area contributed by atoms with Crippen LogP contribution in [0.4, 0.5) is 0 Å². The molecule has 2 atom stereocenters. The van der Waals surface area contributed by atoms with Gasteiger partial charge in [0.25, 0.3) is 0 Å². The maximum Gasteiger partial charge on any atom is 0.220 e. The lowest BCUT2D eigenvalue weighted by atomic mass is 9.81. The molecule has 2 aromatic carbocycles. The molecule has 1 amide bonds. The number of hydrogen-bond donors (Lipinski definition) is 1. The van der Waals surface area contributed by atoms with E-state index in [9.17, 15) is 4.79 Å². The van der Waals surface area contributed by atoms with Gasteiger partial charge in [-0.25, -0.2) is 0 Å². The first kappa shape index (κ1) is 14.4. The summed E-state index contributed by atoms with van der Waals surface area (Å²) in [4.78, 5) is 11.8. The van der Waals surface area contributed by atoms with Gasteiger partial charge in [0.2, 0.25) is 5.91 Å². The molecule has 0 radical (unpaired) electrons. The lowest BCUT2D eigenvalue weighted by Crippen LogP contribution is -2.37. The molecule has 0 saturated carbocycles. The molecular weight excluding hydrogens is 305 g/mol. The maximum atomic E-state index is 11.8. The lowest BCUT2D eigenvalue weighted by Gasteiger charge is -2.33. The zero-order chi connectivity index (χ0) is 14.8. The Hall–Kier alpha value is -1.51. The van der Waals surface area contributed by atoms with Crippen LogP contribution in [0, 0.1) is 0 Å². The normalized spacial score (nSPS) is 21.9. The highest BCUT2D eigenvalue weighted by molar-refractivity contribution is 6.30. The molecule has 0 spiro atoms. The van der Waals surface area contributed by atoms with E-state index in [1.165, 1.54) is 0 Å². The summed E-state index contributed by atoms with van der Waals surface area (Å²) < 4.78 is 0. The average molecular weight is 320 g/mol. The number of hydrogen-bond acceptors (Lipinski definition) is 1. The molecule has 4 heteroatoms.